The summed E-state index contributed by atoms with van der Waals surface area (Å²) >= 11 is 0. The van der Waals surface area contributed by atoms with Crippen molar-refractivity contribution in [1.82, 2.24) is 15.5 Å². The third kappa shape index (κ3) is 1.56. The fourth-order valence-corrected chi connectivity index (χ4v) is 1.80. The summed E-state index contributed by atoms with van der Waals surface area (Å²) in [6.07, 6.45) is 2.98. The maximum Gasteiger partial charge on any atom is 0.0692 e. The highest BCUT2D eigenvalue weighted by molar-refractivity contribution is 5.31. The molecular formula is C10H15N3. The molecule has 3 nitrogen and oxygen atoms in total. The van der Waals surface area contributed by atoms with Crippen LogP contribution in [-0.4, -0.2) is 16.7 Å². The van der Waals surface area contributed by atoms with Gasteiger partial charge in [-0.05, 0) is 30.0 Å². The lowest BCUT2D eigenvalue weighted by Crippen LogP contribution is -2.25. The quantitative estimate of drug-likeness (QED) is 0.701. The molecule has 2 heterocycles. The molecule has 1 aliphatic rings. The van der Waals surface area contributed by atoms with E-state index in [1.807, 2.05) is 6.20 Å². The normalized spacial score (nSPS) is 15.9. The number of hydrogen-bond acceptors (Lipinski definition) is 3. The third-order valence-electron chi connectivity index (χ3n) is 2.49. The maximum absolute atomic E-state index is 4.21. The topological polar surface area (TPSA) is 37.8 Å². The molecule has 0 saturated carbocycles. The van der Waals surface area contributed by atoms with Crippen LogP contribution in [0.5, 0.6) is 0 Å². The predicted molar refractivity (Wildman–Crippen MR) is 51.5 cm³/mol. The zero-order chi connectivity index (χ0) is 9.26. The van der Waals surface area contributed by atoms with Gasteiger partial charge in [0.1, 0.15) is 0 Å². The van der Waals surface area contributed by atoms with Gasteiger partial charge >= 0.3 is 0 Å². The minimum Gasteiger partial charge on any atom is -0.312 e. The van der Waals surface area contributed by atoms with Crippen molar-refractivity contribution < 1.29 is 0 Å². The second-order valence-corrected chi connectivity index (χ2v) is 3.82. The van der Waals surface area contributed by atoms with Gasteiger partial charge in [0, 0.05) is 6.54 Å². The van der Waals surface area contributed by atoms with E-state index in [9.17, 15) is 0 Å². The van der Waals surface area contributed by atoms with Crippen molar-refractivity contribution in [1.29, 1.82) is 0 Å². The SMILES string of the molecule is CC(C)c1nncc2c1CCNC2. The monoisotopic (exact) mass is 177 g/mol. The molecular weight excluding hydrogens is 162 g/mol. The molecule has 1 aromatic heterocycles. The molecule has 0 aliphatic carbocycles. The Kier molecular flexibility index (Phi) is 2.27. The molecule has 0 unspecified atom stereocenters. The summed E-state index contributed by atoms with van der Waals surface area (Å²) in [5, 5.41) is 11.6. The van der Waals surface area contributed by atoms with Gasteiger partial charge in [-0.25, -0.2) is 0 Å². The van der Waals surface area contributed by atoms with Crippen molar-refractivity contribution in [3.05, 3.63) is 23.0 Å². The van der Waals surface area contributed by atoms with Gasteiger partial charge in [-0.15, -0.1) is 0 Å². The van der Waals surface area contributed by atoms with Crippen LogP contribution in [0.2, 0.25) is 0 Å². The Morgan fingerprint density at radius 3 is 3.08 bits per heavy atom. The van der Waals surface area contributed by atoms with Crippen LogP contribution in [0.25, 0.3) is 0 Å². The van der Waals surface area contributed by atoms with Gasteiger partial charge < -0.3 is 5.32 Å². The molecule has 0 radical (unpaired) electrons. The Hall–Kier alpha value is -0.960. The summed E-state index contributed by atoms with van der Waals surface area (Å²) in [6, 6.07) is 0. The van der Waals surface area contributed by atoms with Crippen LogP contribution in [0.3, 0.4) is 0 Å². The molecule has 0 atom stereocenters. The molecule has 0 spiro atoms. The van der Waals surface area contributed by atoms with Gasteiger partial charge in [-0.3, -0.25) is 0 Å². The summed E-state index contributed by atoms with van der Waals surface area (Å²) in [5.74, 6) is 0.487. The maximum atomic E-state index is 4.21. The number of aromatic nitrogens is 2. The number of nitrogens with one attached hydrogen (secondary N) is 1. The highest BCUT2D eigenvalue weighted by Gasteiger charge is 2.15. The zero-order valence-corrected chi connectivity index (χ0v) is 8.17. The van der Waals surface area contributed by atoms with Crippen molar-refractivity contribution in [3.63, 3.8) is 0 Å². The molecule has 3 heteroatoms. The molecule has 13 heavy (non-hydrogen) atoms. The Labute approximate surface area is 78.6 Å². The second kappa shape index (κ2) is 3.42. The molecule has 0 amide bonds. The van der Waals surface area contributed by atoms with Crippen LogP contribution in [0, 0.1) is 0 Å². The zero-order valence-electron chi connectivity index (χ0n) is 8.17. The fourth-order valence-electron chi connectivity index (χ4n) is 1.80. The molecule has 1 N–H and O–H groups in total. The standard InChI is InChI=1S/C10H15N3/c1-7(2)10-9-3-4-11-5-8(9)6-12-13-10/h6-7,11H,3-5H2,1-2H3. The Morgan fingerprint density at radius 2 is 2.31 bits per heavy atom. The third-order valence-corrected chi connectivity index (χ3v) is 2.49. The molecule has 1 aliphatic heterocycles. The number of hydrogen-bond donors (Lipinski definition) is 1. The Bertz CT molecular complexity index is 307. The minimum absolute atomic E-state index is 0.487. The van der Waals surface area contributed by atoms with Crippen LogP contribution < -0.4 is 5.32 Å². The van der Waals surface area contributed by atoms with Gasteiger partial charge in [-0.2, -0.15) is 10.2 Å². The summed E-state index contributed by atoms with van der Waals surface area (Å²) in [6.45, 7) is 6.36. The van der Waals surface area contributed by atoms with Crippen molar-refractivity contribution in [2.24, 2.45) is 0 Å². The largest absolute Gasteiger partial charge is 0.312 e. The van der Waals surface area contributed by atoms with E-state index in [-0.39, 0.29) is 0 Å². The first kappa shape index (κ1) is 8.63. The minimum atomic E-state index is 0.487. The lowest BCUT2D eigenvalue weighted by molar-refractivity contribution is 0.616. The highest BCUT2D eigenvalue weighted by atomic mass is 15.1. The van der Waals surface area contributed by atoms with Crippen LogP contribution in [0.15, 0.2) is 6.20 Å². The van der Waals surface area contributed by atoms with E-state index < -0.39 is 0 Å². The molecule has 0 fully saturated rings. The number of rotatable bonds is 1. The average Bonchev–Trinajstić information content (AvgIpc) is 2.17. The van der Waals surface area contributed by atoms with Gasteiger partial charge in [0.25, 0.3) is 0 Å². The number of fused-ring (bicyclic) bond motifs is 1. The summed E-state index contributed by atoms with van der Waals surface area (Å²) in [7, 11) is 0. The van der Waals surface area contributed by atoms with E-state index in [1.54, 1.807) is 0 Å². The van der Waals surface area contributed by atoms with E-state index >= 15 is 0 Å². The Morgan fingerprint density at radius 1 is 1.46 bits per heavy atom. The predicted octanol–water partition coefficient (Wildman–Crippen LogP) is 1.25. The van der Waals surface area contributed by atoms with Crippen molar-refractivity contribution in [2.75, 3.05) is 6.54 Å². The van der Waals surface area contributed by atoms with Crippen LogP contribution in [0.1, 0.15) is 36.6 Å². The van der Waals surface area contributed by atoms with Gasteiger partial charge in [0.05, 0.1) is 11.9 Å². The molecule has 0 aromatic carbocycles. The van der Waals surface area contributed by atoms with E-state index in [0.717, 1.165) is 19.5 Å². The van der Waals surface area contributed by atoms with Crippen LogP contribution >= 0.6 is 0 Å². The van der Waals surface area contributed by atoms with Crippen molar-refractivity contribution in [3.8, 4) is 0 Å². The fraction of sp³-hybridized carbons (Fsp3) is 0.600. The van der Waals surface area contributed by atoms with Gasteiger partial charge in [0.15, 0.2) is 0 Å². The second-order valence-electron chi connectivity index (χ2n) is 3.82. The summed E-state index contributed by atoms with van der Waals surface area (Å²) < 4.78 is 0. The van der Waals surface area contributed by atoms with E-state index in [1.165, 1.54) is 16.8 Å². The molecule has 1 aromatic rings. The average molecular weight is 177 g/mol. The molecule has 70 valence electrons. The lowest BCUT2D eigenvalue weighted by atomic mass is 9.96. The van der Waals surface area contributed by atoms with E-state index in [0.29, 0.717) is 5.92 Å². The lowest BCUT2D eigenvalue weighted by Gasteiger charge is -2.19. The highest BCUT2D eigenvalue weighted by Crippen LogP contribution is 2.21. The smallest absolute Gasteiger partial charge is 0.0692 e. The van der Waals surface area contributed by atoms with Crippen LogP contribution in [0.4, 0.5) is 0 Å². The molecule has 0 bridgehead atoms. The van der Waals surface area contributed by atoms with Crippen molar-refractivity contribution >= 4 is 0 Å². The van der Waals surface area contributed by atoms with E-state index in [2.05, 4.69) is 29.4 Å². The van der Waals surface area contributed by atoms with E-state index in [4.69, 9.17) is 0 Å². The molecule has 2 rings (SSSR count). The Balaban J connectivity index is 2.46. The number of nitrogens with zero attached hydrogens (tertiary/aromatic N) is 2. The first-order chi connectivity index (χ1) is 6.29. The first-order valence-electron chi connectivity index (χ1n) is 4.83. The van der Waals surface area contributed by atoms with Gasteiger partial charge in [-0.1, -0.05) is 13.8 Å². The summed E-state index contributed by atoms with van der Waals surface area (Å²) in [4.78, 5) is 0. The molecule has 0 saturated heterocycles. The summed E-state index contributed by atoms with van der Waals surface area (Å²) in [5.41, 5.74) is 3.92. The van der Waals surface area contributed by atoms with Crippen molar-refractivity contribution in [2.45, 2.75) is 32.7 Å². The van der Waals surface area contributed by atoms with Crippen LogP contribution in [-0.2, 0) is 13.0 Å². The van der Waals surface area contributed by atoms with Gasteiger partial charge in [0.2, 0.25) is 0 Å². The first-order valence-corrected chi connectivity index (χ1v) is 4.83.